The van der Waals surface area contributed by atoms with Gasteiger partial charge in [0.2, 0.25) is 0 Å². The van der Waals surface area contributed by atoms with Gasteiger partial charge in [-0.25, -0.2) is 9.97 Å². The SMILES string of the molecule is CNc1ncnc(NC(C)c2cccs2)c1C(C)C. The maximum atomic E-state index is 4.40. The zero-order valence-corrected chi connectivity index (χ0v) is 12.6. The lowest BCUT2D eigenvalue weighted by Gasteiger charge is -2.19. The predicted molar refractivity (Wildman–Crippen MR) is 82.0 cm³/mol. The lowest BCUT2D eigenvalue weighted by molar-refractivity contribution is 0.826. The van der Waals surface area contributed by atoms with Crippen LogP contribution in [-0.4, -0.2) is 17.0 Å². The Kier molecular flexibility index (Phi) is 4.37. The molecule has 2 N–H and O–H groups in total. The Balaban J connectivity index is 2.29. The molecule has 0 saturated heterocycles. The van der Waals surface area contributed by atoms with Gasteiger partial charge in [-0.2, -0.15) is 0 Å². The average Bonchev–Trinajstić information content (AvgIpc) is 2.92. The summed E-state index contributed by atoms with van der Waals surface area (Å²) >= 11 is 1.75. The molecule has 0 aliphatic carbocycles. The van der Waals surface area contributed by atoms with E-state index in [-0.39, 0.29) is 6.04 Å². The molecule has 19 heavy (non-hydrogen) atoms. The van der Waals surface area contributed by atoms with Gasteiger partial charge in [0.15, 0.2) is 0 Å². The third kappa shape index (κ3) is 3.04. The zero-order chi connectivity index (χ0) is 13.8. The Bertz CT molecular complexity index is 522. The molecule has 5 heteroatoms. The molecule has 2 heterocycles. The summed E-state index contributed by atoms with van der Waals surface area (Å²) in [7, 11) is 1.89. The van der Waals surface area contributed by atoms with E-state index in [0.29, 0.717) is 5.92 Å². The number of hydrogen-bond donors (Lipinski definition) is 2. The van der Waals surface area contributed by atoms with Crippen molar-refractivity contribution in [2.75, 3.05) is 17.7 Å². The molecule has 1 atom stereocenters. The Morgan fingerprint density at radius 3 is 2.47 bits per heavy atom. The van der Waals surface area contributed by atoms with E-state index >= 15 is 0 Å². The second-order valence-electron chi connectivity index (χ2n) is 4.77. The second kappa shape index (κ2) is 6.02. The fraction of sp³-hybridized carbons (Fsp3) is 0.429. The van der Waals surface area contributed by atoms with Crippen LogP contribution in [0.4, 0.5) is 11.6 Å². The highest BCUT2D eigenvalue weighted by Crippen LogP contribution is 2.31. The highest BCUT2D eigenvalue weighted by atomic mass is 32.1. The minimum Gasteiger partial charge on any atom is -0.373 e. The number of anilines is 2. The first-order chi connectivity index (χ1) is 9.13. The minimum atomic E-state index is 0.247. The number of rotatable bonds is 5. The molecule has 0 amide bonds. The smallest absolute Gasteiger partial charge is 0.135 e. The fourth-order valence-corrected chi connectivity index (χ4v) is 2.81. The van der Waals surface area contributed by atoms with E-state index < -0.39 is 0 Å². The number of hydrogen-bond acceptors (Lipinski definition) is 5. The third-order valence-corrected chi connectivity index (χ3v) is 4.08. The topological polar surface area (TPSA) is 49.8 Å². The van der Waals surface area contributed by atoms with Gasteiger partial charge in [-0.1, -0.05) is 19.9 Å². The normalized spacial score (nSPS) is 12.5. The van der Waals surface area contributed by atoms with E-state index in [2.05, 4.69) is 58.9 Å². The second-order valence-corrected chi connectivity index (χ2v) is 5.75. The van der Waals surface area contributed by atoms with Crippen molar-refractivity contribution in [1.29, 1.82) is 0 Å². The maximum absolute atomic E-state index is 4.40. The van der Waals surface area contributed by atoms with Gasteiger partial charge < -0.3 is 10.6 Å². The molecule has 0 spiro atoms. The monoisotopic (exact) mass is 276 g/mol. The molecule has 0 saturated carbocycles. The first kappa shape index (κ1) is 13.8. The maximum Gasteiger partial charge on any atom is 0.135 e. The van der Waals surface area contributed by atoms with E-state index in [4.69, 9.17) is 0 Å². The molecule has 0 fully saturated rings. The van der Waals surface area contributed by atoms with Crippen molar-refractivity contribution in [3.05, 3.63) is 34.3 Å². The zero-order valence-electron chi connectivity index (χ0n) is 11.8. The predicted octanol–water partition coefficient (Wildman–Crippen LogP) is 3.88. The fourth-order valence-electron chi connectivity index (χ4n) is 2.07. The van der Waals surface area contributed by atoms with Crippen molar-refractivity contribution in [1.82, 2.24) is 9.97 Å². The molecule has 2 rings (SSSR count). The standard InChI is InChI=1S/C14H20N4S/c1-9(2)12-13(15-4)16-8-17-14(12)18-10(3)11-6-5-7-19-11/h5-10H,1-4H3,(H2,15,16,17,18). The quantitative estimate of drug-likeness (QED) is 0.870. The summed E-state index contributed by atoms with van der Waals surface area (Å²) in [6.45, 7) is 6.46. The number of aromatic nitrogens is 2. The largest absolute Gasteiger partial charge is 0.373 e. The van der Waals surface area contributed by atoms with Gasteiger partial charge in [0.25, 0.3) is 0 Å². The van der Waals surface area contributed by atoms with Crippen molar-refractivity contribution in [3.8, 4) is 0 Å². The van der Waals surface area contributed by atoms with Crippen LogP contribution in [0.5, 0.6) is 0 Å². The Hall–Kier alpha value is -1.62. The van der Waals surface area contributed by atoms with Crippen LogP contribution >= 0.6 is 11.3 Å². The average molecular weight is 276 g/mol. The molecule has 0 aromatic carbocycles. The number of thiophene rings is 1. The van der Waals surface area contributed by atoms with Gasteiger partial charge >= 0.3 is 0 Å². The van der Waals surface area contributed by atoms with Gasteiger partial charge in [-0.3, -0.25) is 0 Å². The summed E-state index contributed by atoms with van der Waals surface area (Å²) in [6.07, 6.45) is 1.60. The van der Waals surface area contributed by atoms with Gasteiger partial charge in [0, 0.05) is 17.5 Å². The van der Waals surface area contributed by atoms with Gasteiger partial charge in [0.1, 0.15) is 18.0 Å². The molecule has 4 nitrogen and oxygen atoms in total. The molecule has 0 aliphatic rings. The summed E-state index contributed by atoms with van der Waals surface area (Å²) in [5.41, 5.74) is 1.13. The van der Waals surface area contributed by atoms with E-state index in [1.165, 1.54) is 4.88 Å². The molecule has 2 aromatic heterocycles. The summed E-state index contributed by atoms with van der Waals surface area (Å²) in [5.74, 6) is 2.17. The van der Waals surface area contributed by atoms with Crippen molar-refractivity contribution in [3.63, 3.8) is 0 Å². The van der Waals surface area contributed by atoms with E-state index in [9.17, 15) is 0 Å². The van der Waals surface area contributed by atoms with Crippen LogP contribution in [0.15, 0.2) is 23.8 Å². The van der Waals surface area contributed by atoms with E-state index in [1.54, 1.807) is 17.7 Å². The molecule has 102 valence electrons. The summed E-state index contributed by atoms with van der Waals surface area (Å²) in [5, 5.41) is 8.72. The highest BCUT2D eigenvalue weighted by molar-refractivity contribution is 7.10. The lowest BCUT2D eigenvalue weighted by Crippen LogP contribution is -2.12. The van der Waals surface area contributed by atoms with Gasteiger partial charge in [0.05, 0.1) is 6.04 Å². The molecule has 2 aromatic rings. The van der Waals surface area contributed by atoms with Gasteiger partial charge in [-0.15, -0.1) is 11.3 Å². The first-order valence-corrected chi connectivity index (χ1v) is 7.34. The molecule has 0 aliphatic heterocycles. The first-order valence-electron chi connectivity index (χ1n) is 6.46. The van der Waals surface area contributed by atoms with Crippen LogP contribution in [0.25, 0.3) is 0 Å². The highest BCUT2D eigenvalue weighted by Gasteiger charge is 2.16. The number of nitrogens with one attached hydrogen (secondary N) is 2. The summed E-state index contributed by atoms with van der Waals surface area (Å²) in [4.78, 5) is 10.00. The molecule has 0 bridgehead atoms. The Labute approximate surface area is 118 Å². The van der Waals surface area contributed by atoms with Crippen LogP contribution in [0.2, 0.25) is 0 Å². The third-order valence-electron chi connectivity index (χ3n) is 3.02. The van der Waals surface area contributed by atoms with E-state index in [1.807, 2.05) is 7.05 Å². The number of nitrogens with zero attached hydrogens (tertiary/aromatic N) is 2. The Morgan fingerprint density at radius 2 is 1.89 bits per heavy atom. The van der Waals surface area contributed by atoms with E-state index in [0.717, 1.165) is 17.2 Å². The van der Waals surface area contributed by atoms with Gasteiger partial charge in [-0.05, 0) is 24.3 Å². The summed E-state index contributed by atoms with van der Waals surface area (Å²) < 4.78 is 0. The van der Waals surface area contributed by atoms with Crippen molar-refractivity contribution >= 4 is 23.0 Å². The van der Waals surface area contributed by atoms with Crippen molar-refractivity contribution in [2.24, 2.45) is 0 Å². The van der Waals surface area contributed by atoms with Crippen LogP contribution < -0.4 is 10.6 Å². The van der Waals surface area contributed by atoms with Crippen LogP contribution in [0, 0.1) is 0 Å². The summed E-state index contributed by atoms with van der Waals surface area (Å²) in [6, 6.07) is 4.45. The molecule has 1 unspecified atom stereocenters. The molecular weight excluding hydrogens is 256 g/mol. The van der Waals surface area contributed by atoms with Crippen LogP contribution in [0.1, 0.15) is 43.2 Å². The minimum absolute atomic E-state index is 0.247. The molecular formula is C14H20N4S. The lowest BCUT2D eigenvalue weighted by atomic mass is 10.0. The molecule has 0 radical (unpaired) electrons. The van der Waals surface area contributed by atoms with Crippen molar-refractivity contribution in [2.45, 2.75) is 32.7 Å². The van der Waals surface area contributed by atoms with Crippen LogP contribution in [0.3, 0.4) is 0 Å². The van der Waals surface area contributed by atoms with Crippen molar-refractivity contribution < 1.29 is 0 Å². The van der Waals surface area contributed by atoms with Crippen LogP contribution in [-0.2, 0) is 0 Å². The Morgan fingerprint density at radius 1 is 1.16 bits per heavy atom.